The van der Waals surface area contributed by atoms with Gasteiger partial charge in [0.1, 0.15) is 0 Å². The number of amides is 2. The van der Waals surface area contributed by atoms with Gasteiger partial charge in [-0.3, -0.25) is 9.59 Å². The Morgan fingerprint density at radius 2 is 1.37 bits per heavy atom. The van der Waals surface area contributed by atoms with Gasteiger partial charge >= 0.3 is 0 Å². The minimum Gasteiger partial charge on any atom is -0.339 e. The molecule has 0 bridgehead atoms. The normalized spacial score (nSPS) is 15.1. The van der Waals surface area contributed by atoms with Gasteiger partial charge in [0.15, 0.2) is 0 Å². The fraction of sp³-hybridized carbons (Fsp3) is 0.867. The van der Waals surface area contributed by atoms with Crippen molar-refractivity contribution in [2.75, 3.05) is 26.2 Å². The summed E-state index contributed by atoms with van der Waals surface area (Å²) in [6, 6.07) is 0. The van der Waals surface area contributed by atoms with Crippen LogP contribution in [0.15, 0.2) is 0 Å². The third-order valence-electron chi connectivity index (χ3n) is 3.03. The molecule has 0 aromatic carbocycles. The lowest BCUT2D eigenvalue weighted by atomic mass is 10.1. The van der Waals surface area contributed by atoms with Crippen LogP contribution in [0.2, 0.25) is 0 Å². The molecule has 0 aromatic heterocycles. The molecule has 0 unspecified atom stereocenters. The van der Waals surface area contributed by atoms with Crippen molar-refractivity contribution >= 4 is 11.8 Å². The fourth-order valence-corrected chi connectivity index (χ4v) is 2.06. The van der Waals surface area contributed by atoms with Crippen molar-refractivity contribution < 1.29 is 9.59 Å². The van der Waals surface area contributed by atoms with E-state index in [9.17, 15) is 9.59 Å². The first-order valence-corrected chi connectivity index (χ1v) is 7.60. The van der Waals surface area contributed by atoms with E-state index in [0.717, 1.165) is 6.42 Å². The number of piperazine rings is 1. The van der Waals surface area contributed by atoms with E-state index < -0.39 is 0 Å². The molecule has 4 nitrogen and oxygen atoms in total. The van der Waals surface area contributed by atoms with Crippen molar-refractivity contribution in [2.24, 2.45) is 5.92 Å². The van der Waals surface area contributed by atoms with Gasteiger partial charge in [0.05, 0.1) is 0 Å². The minimum absolute atomic E-state index is 0.225. The number of carbonyl (C=O) groups excluding carboxylic acids is 2. The molecule has 0 atom stereocenters. The topological polar surface area (TPSA) is 40.6 Å². The molecular weight excluding hydrogens is 240 g/mol. The van der Waals surface area contributed by atoms with Gasteiger partial charge in [0.25, 0.3) is 0 Å². The van der Waals surface area contributed by atoms with Crippen LogP contribution in [0.25, 0.3) is 0 Å². The molecule has 19 heavy (non-hydrogen) atoms. The van der Waals surface area contributed by atoms with Crippen molar-refractivity contribution in [3.63, 3.8) is 0 Å². The Morgan fingerprint density at radius 1 is 0.947 bits per heavy atom. The smallest absolute Gasteiger partial charge is 0.222 e. The van der Waals surface area contributed by atoms with Gasteiger partial charge in [0, 0.05) is 39.0 Å². The molecule has 1 heterocycles. The average molecular weight is 270 g/mol. The number of hydrogen-bond donors (Lipinski definition) is 0. The zero-order valence-electron chi connectivity index (χ0n) is 13.2. The van der Waals surface area contributed by atoms with Gasteiger partial charge in [-0.05, 0) is 12.3 Å². The number of rotatable bonds is 4. The second kappa shape index (κ2) is 9.82. The van der Waals surface area contributed by atoms with Gasteiger partial charge < -0.3 is 9.80 Å². The van der Waals surface area contributed by atoms with Crippen LogP contribution >= 0.6 is 0 Å². The average Bonchev–Trinajstić information content (AvgIpc) is 2.41. The molecule has 1 aliphatic heterocycles. The Kier molecular flexibility index (Phi) is 9.27. The van der Waals surface area contributed by atoms with Crippen LogP contribution in [-0.4, -0.2) is 47.8 Å². The SMILES string of the molecule is CC.CCCC(=O)N1CCN(C(=O)CC(C)C)CC1. The lowest BCUT2D eigenvalue weighted by Crippen LogP contribution is -2.50. The molecule has 1 saturated heterocycles. The maximum absolute atomic E-state index is 11.8. The van der Waals surface area contributed by atoms with Crippen molar-refractivity contribution in [1.82, 2.24) is 9.80 Å². The predicted octanol–water partition coefficient (Wildman–Crippen LogP) is 2.53. The third kappa shape index (κ3) is 6.60. The van der Waals surface area contributed by atoms with Crippen molar-refractivity contribution in [3.8, 4) is 0 Å². The first-order chi connectivity index (χ1) is 9.04. The summed E-state index contributed by atoms with van der Waals surface area (Å²) >= 11 is 0. The van der Waals surface area contributed by atoms with Crippen LogP contribution in [0.4, 0.5) is 0 Å². The second-order valence-electron chi connectivity index (χ2n) is 5.11. The quantitative estimate of drug-likeness (QED) is 0.787. The Hall–Kier alpha value is -1.06. The van der Waals surface area contributed by atoms with Gasteiger partial charge in [0.2, 0.25) is 11.8 Å². The molecular formula is C15H30N2O2. The van der Waals surface area contributed by atoms with Gasteiger partial charge in [-0.1, -0.05) is 34.6 Å². The number of carbonyl (C=O) groups is 2. The van der Waals surface area contributed by atoms with Crippen LogP contribution in [-0.2, 0) is 9.59 Å². The predicted molar refractivity (Wildman–Crippen MR) is 78.9 cm³/mol. The van der Waals surface area contributed by atoms with E-state index in [2.05, 4.69) is 13.8 Å². The highest BCUT2D eigenvalue weighted by Crippen LogP contribution is 2.09. The summed E-state index contributed by atoms with van der Waals surface area (Å²) < 4.78 is 0. The van der Waals surface area contributed by atoms with Gasteiger partial charge in [-0.15, -0.1) is 0 Å². The zero-order chi connectivity index (χ0) is 14.8. The maximum Gasteiger partial charge on any atom is 0.222 e. The lowest BCUT2D eigenvalue weighted by molar-refractivity contribution is -0.140. The highest BCUT2D eigenvalue weighted by atomic mass is 16.2. The standard InChI is InChI=1S/C13H24N2O2.C2H6/c1-4-5-12(16)14-6-8-15(9-7-14)13(17)10-11(2)3;1-2/h11H,4-10H2,1-3H3;1-2H3. The first kappa shape index (κ1) is 17.9. The molecule has 112 valence electrons. The van der Waals surface area contributed by atoms with Gasteiger partial charge in [-0.25, -0.2) is 0 Å². The molecule has 2 amide bonds. The molecule has 0 N–H and O–H groups in total. The monoisotopic (exact) mass is 270 g/mol. The van der Waals surface area contributed by atoms with Crippen LogP contribution in [0, 0.1) is 5.92 Å². The van der Waals surface area contributed by atoms with Crippen LogP contribution in [0.1, 0.15) is 53.9 Å². The van der Waals surface area contributed by atoms with E-state index in [1.165, 1.54) is 0 Å². The molecule has 0 radical (unpaired) electrons. The fourth-order valence-electron chi connectivity index (χ4n) is 2.06. The Morgan fingerprint density at radius 3 is 1.74 bits per heavy atom. The molecule has 1 fully saturated rings. The highest BCUT2D eigenvalue weighted by molar-refractivity contribution is 5.78. The van der Waals surface area contributed by atoms with E-state index in [1.54, 1.807) is 0 Å². The summed E-state index contributed by atoms with van der Waals surface area (Å²) in [5, 5.41) is 0. The van der Waals surface area contributed by atoms with E-state index in [4.69, 9.17) is 0 Å². The molecule has 0 aromatic rings. The summed E-state index contributed by atoms with van der Waals surface area (Å²) in [6.45, 7) is 12.9. The molecule has 1 aliphatic rings. The summed E-state index contributed by atoms with van der Waals surface area (Å²) in [6.07, 6.45) is 2.13. The molecule has 0 saturated carbocycles. The molecule has 4 heteroatoms. The number of nitrogens with zero attached hydrogens (tertiary/aromatic N) is 2. The highest BCUT2D eigenvalue weighted by Gasteiger charge is 2.23. The largest absolute Gasteiger partial charge is 0.339 e. The lowest BCUT2D eigenvalue weighted by Gasteiger charge is -2.35. The summed E-state index contributed by atoms with van der Waals surface area (Å²) in [5.74, 6) is 0.855. The Labute approximate surface area is 118 Å². The van der Waals surface area contributed by atoms with Crippen molar-refractivity contribution in [3.05, 3.63) is 0 Å². The van der Waals surface area contributed by atoms with Crippen LogP contribution in [0.3, 0.4) is 0 Å². The Bertz CT molecular complexity index is 269. The summed E-state index contributed by atoms with van der Waals surface area (Å²) in [4.78, 5) is 27.3. The van der Waals surface area contributed by atoms with Crippen molar-refractivity contribution in [2.45, 2.75) is 53.9 Å². The first-order valence-electron chi connectivity index (χ1n) is 7.60. The zero-order valence-corrected chi connectivity index (χ0v) is 13.2. The third-order valence-corrected chi connectivity index (χ3v) is 3.03. The van der Waals surface area contributed by atoms with E-state index in [1.807, 2.05) is 30.6 Å². The second-order valence-corrected chi connectivity index (χ2v) is 5.11. The number of hydrogen-bond acceptors (Lipinski definition) is 2. The molecule has 0 spiro atoms. The molecule has 0 aliphatic carbocycles. The Balaban J connectivity index is 0.00000154. The van der Waals surface area contributed by atoms with Crippen LogP contribution in [0.5, 0.6) is 0 Å². The molecule has 1 rings (SSSR count). The van der Waals surface area contributed by atoms with Gasteiger partial charge in [-0.2, -0.15) is 0 Å². The summed E-state index contributed by atoms with van der Waals surface area (Å²) in [7, 11) is 0. The van der Waals surface area contributed by atoms with E-state index in [0.29, 0.717) is 44.9 Å². The van der Waals surface area contributed by atoms with E-state index >= 15 is 0 Å². The van der Waals surface area contributed by atoms with Crippen molar-refractivity contribution in [1.29, 1.82) is 0 Å². The van der Waals surface area contributed by atoms with Crippen LogP contribution < -0.4 is 0 Å². The van der Waals surface area contributed by atoms with E-state index in [-0.39, 0.29) is 11.8 Å². The minimum atomic E-state index is 0.225. The summed E-state index contributed by atoms with van der Waals surface area (Å²) in [5.41, 5.74) is 0. The maximum atomic E-state index is 11.8.